The second kappa shape index (κ2) is 6.89. The van der Waals surface area contributed by atoms with E-state index in [-0.39, 0.29) is 31.5 Å². The average Bonchev–Trinajstić information content (AvgIpc) is 2.55. The fourth-order valence-electron chi connectivity index (χ4n) is 2.68. The number of nitrogens with zero attached hydrogens (tertiary/aromatic N) is 1. The van der Waals surface area contributed by atoms with Crippen molar-refractivity contribution >= 4 is 11.9 Å². The quantitative estimate of drug-likeness (QED) is 0.632. The molecule has 0 N–H and O–H groups in total. The monoisotopic (exact) mass is 323 g/mol. The number of carbonyl (C=O) groups is 2. The molecule has 1 aromatic carbocycles. The lowest BCUT2D eigenvalue weighted by atomic mass is 9.84. The number of benzene rings is 1. The maximum absolute atomic E-state index is 12.6. The van der Waals surface area contributed by atoms with E-state index in [2.05, 4.69) is 6.58 Å². The van der Waals surface area contributed by atoms with Crippen molar-refractivity contribution in [1.82, 2.24) is 4.90 Å². The molecule has 1 amide bonds. The number of ether oxygens (including phenoxy) is 1. The first-order chi connectivity index (χ1) is 10.9. The number of alkyl halides is 2. The van der Waals surface area contributed by atoms with Crippen LogP contribution < -0.4 is 0 Å². The molecule has 0 spiro atoms. The van der Waals surface area contributed by atoms with Crippen LogP contribution in [0.4, 0.5) is 8.78 Å². The molecular formula is C17H19F2NO3. The summed E-state index contributed by atoms with van der Waals surface area (Å²) >= 11 is 0. The number of hydrogen-bond donors (Lipinski definition) is 0. The van der Waals surface area contributed by atoms with Crippen molar-refractivity contribution < 1.29 is 23.1 Å². The summed E-state index contributed by atoms with van der Waals surface area (Å²) in [6.45, 7) is 5.35. The fraction of sp³-hybridized carbons (Fsp3) is 0.412. The molecule has 0 radical (unpaired) electrons. The maximum Gasteiger partial charge on any atom is 0.334 e. The van der Waals surface area contributed by atoms with Gasteiger partial charge in [-0.1, -0.05) is 36.9 Å². The van der Waals surface area contributed by atoms with E-state index in [0.717, 1.165) is 10.5 Å². The number of rotatable bonds is 4. The van der Waals surface area contributed by atoms with Crippen molar-refractivity contribution in [1.29, 1.82) is 0 Å². The second-order valence-electron chi connectivity index (χ2n) is 5.66. The molecule has 0 saturated carbocycles. The molecular weight excluding hydrogens is 304 g/mol. The predicted molar refractivity (Wildman–Crippen MR) is 80.8 cm³/mol. The molecule has 1 heterocycles. The van der Waals surface area contributed by atoms with E-state index < -0.39 is 23.9 Å². The molecule has 1 aromatic rings. The van der Waals surface area contributed by atoms with Gasteiger partial charge in [0, 0.05) is 31.5 Å². The Morgan fingerprint density at radius 1 is 1.22 bits per heavy atom. The zero-order valence-electron chi connectivity index (χ0n) is 12.9. The molecule has 0 aliphatic carbocycles. The third-order valence-corrected chi connectivity index (χ3v) is 4.01. The van der Waals surface area contributed by atoms with Crippen molar-refractivity contribution in [3.8, 4) is 0 Å². The Labute approximate surface area is 133 Å². The summed E-state index contributed by atoms with van der Waals surface area (Å²) in [7, 11) is 0. The van der Waals surface area contributed by atoms with Gasteiger partial charge in [-0.05, 0) is 12.5 Å². The topological polar surface area (TPSA) is 46.6 Å². The molecule has 4 nitrogen and oxygen atoms in total. The van der Waals surface area contributed by atoms with Gasteiger partial charge in [-0.3, -0.25) is 4.79 Å². The summed E-state index contributed by atoms with van der Waals surface area (Å²) in [5, 5.41) is 0. The Kier molecular flexibility index (Phi) is 5.13. The number of carbonyl (C=O) groups excluding carboxylic acids is 2. The van der Waals surface area contributed by atoms with Gasteiger partial charge in [0.15, 0.2) is 0 Å². The molecule has 0 bridgehead atoms. The Morgan fingerprint density at radius 2 is 1.78 bits per heavy atom. The zero-order chi connectivity index (χ0) is 17.0. The van der Waals surface area contributed by atoms with Gasteiger partial charge >= 0.3 is 12.4 Å². The Balaban J connectivity index is 2.23. The summed E-state index contributed by atoms with van der Waals surface area (Å²) in [5.74, 6) is -1.71. The van der Waals surface area contributed by atoms with E-state index in [0.29, 0.717) is 0 Å². The molecule has 1 aliphatic heterocycles. The Morgan fingerprint density at radius 3 is 2.26 bits per heavy atom. The minimum absolute atomic E-state index is 0.113. The fourth-order valence-corrected chi connectivity index (χ4v) is 2.68. The van der Waals surface area contributed by atoms with Crippen LogP contribution in [0.2, 0.25) is 0 Å². The maximum atomic E-state index is 12.6. The van der Waals surface area contributed by atoms with Gasteiger partial charge in [-0.15, -0.1) is 0 Å². The lowest BCUT2D eigenvalue weighted by molar-refractivity contribution is -0.165. The van der Waals surface area contributed by atoms with Crippen molar-refractivity contribution in [2.75, 3.05) is 13.1 Å². The molecule has 6 heteroatoms. The number of likely N-dealkylation sites (tertiary alicyclic amines) is 1. The third kappa shape index (κ3) is 3.75. The van der Waals surface area contributed by atoms with Gasteiger partial charge < -0.3 is 9.64 Å². The third-order valence-electron chi connectivity index (χ3n) is 4.01. The minimum atomic E-state index is -3.02. The van der Waals surface area contributed by atoms with Crippen LogP contribution in [-0.4, -0.2) is 36.3 Å². The van der Waals surface area contributed by atoms with E-state index in [1.165, 1.54) is 0 Å². The van der Waals surface area contributed by atoms with Crippen LogP contribution in [-0.2, 0) is 19.9 Å². The highest BCUT2D eigenvalue weighted by Crippen LogP contribution is 2.37. The Hall–Kier alpha value is -2.24. The molecule has 2 rings (SSSR count). The number of piperidine rings is 1. The average molecular weight is 323 g/mol. The van der Waals surface area contributed by atoms with E-state index in [1.54, 1.807) is 6.92 Å². The predicted octanol–water partition coefficient (Wildman–Crippen LogP) is 2.89. The normalized spacial score (nSPS) is 17.0. The van der Waals surface area contributed by atoms with Crippen LogP contribution >= 0.6 is 0 Å². The smallest absolute Gasteiger partial charge is 0.334 e. The summed E-state index contributed by atoms with van der Waals surface area (Å²) < 4.78 is 30.8. The van der Waals surface area contributed by atoms with Crippen LogP contribution in [0.15, 0.2) is 42.5 Å². The van der Waals surface area contributed by atoms with Crippen LogP contribution in [0, 0.1) is 0 Å². The summed E-state index contributed by atoms with van der Waals surface area (Å²) in [6.07, 6.45) is -2.47. The first-order valence-electron chi connectivity index (χ1n) is 7.37. The lowest BCUT2D eigenvalue weighted by Gasteiger charge is -2.41. The van der Waals surface area contributed by atoms with Gasteiger partial charge in [0.2, 0.25) is 0 Å². The summed E-state index contributed by atoms with van der Waals surface area (Å²) in [5.41, 5.74) is 0.140. The van der Waals surface area contributed by atoms with E-state index in [4.69, 9.17) is 4.74 Å². The molecule has 0 atom stereocenters. The number of hydrogen-bond acceptors (Lipinski definition) is 3. The number of amides is 1. The first kappa shape index (κ1) is 17.1. The van der Waals surface area contributed by atoms with Crippen molar-refractivity contribution in [2.45, 2.75) is 31.8 Å². The van der Waals surface area contributed by atoms with Crippen molar-refractivity contribution in [3.63, 3.8) is 0 Å². The van der Waals surface area contributed by atoms with Crippen LogP contribution in [0.25, 0.3) is 0 Å². The lowest BCUT2D eigenvalue weighted by Crippen LogP contribution is -2.48. The molecule has 1 fully saturated rings. The molecule has 1 saturated heterocycles. The SMILES string of the molecule is C=C(C)C(=O)OC1(c2ccccc2)CCN(C(=O)C(F)F)CC1. The molecule has 0 aromatic heterocycles. The standard InChI is InChI=1S/C17H19F2NO3/c1-12(2)16(22)23-17(13-6-4-3-5-7-13)8-10-20(11-9-17)15(21)14(18)19/h3-7,14H,1,8-11H2,2H3. The second-order valence-corrected chi connectivity index (χ2v) is 5.66. The van der Waals surface area contributed by atoms with E-state index in [1.807, 2.05) is 30.3 Å². The molecule has 1 aliphatic rings. The molecule has 124 valence electrons. The van der Waals surface area contributed by atoms with Gasteiger partial charge in [-0.25, -0.2) is 4.79 Å². The number of halogens is 2. The largest absolute Gasteiger partial charge is 0.451 e. The van der Waals surface area contributed by atoms with Gasteiger partial charge in [-0.2, -0.15) is 8.78 Å². The highest BCUT2D eigenvalue weighted by molar-refractivity contribution is 5.87. The van der Waals surface area contributed by atoms with Crippen LogP contribution in [0.3, 0.4) is 0 Å². The number of esters is 1. The van der Waals surface area contributed by atoms with E-state index in [9.17, 15) is 18.4 Å². The molecule has 0 unspecified atom stereocenters. The summed E-state index contributed by atoms with van der Waals surface area (Å²) in [4.78, 5) is 24.5. The Bertz CT molecular complexity index is 593. The highest BCUT2D eigenvalue weighted by atomic mass is 19.3. The van der Waals surface area contributed by atoms with Gasteiger partial charge in [0.1, 0.15) is 5.60 Å². The minimum Gasteiger partial charge on any atom is -0.451 e. The van der Waals surface area contributed by atoms with Crippen molar-refractivity contribution in [2.24, 2.45) is 0 Å². The first-order valence-corrected chi connectivity index (χ1v) is 7.37. The molecule has 23 heavy (non-hydrogen) atoms. The van der Waals surface area contributed by atoms with E-state index >= 15 is 0 Å². The van der Waals surface area contributed by atoms with Gasteiger partial charge in [0.05, 0.1) is 0 Å². The van der Waals surface area contributed by atoms with Gasteiger partial charge in [0.25, 0.3) is 5.91 Å². The van der Waals surface area contributed by atoms with Crippen LogP contribution in [0.5, 0.6) is 0 Å². The highest BCUT2D eigenvalue weighted by Gasteiger charge is 2.42. The van der Waals surface area contributed by atoms with Crippen LogP contribution in [0.1, 0.15) is 25.3 Å². The van der Waals surface area contributed by atoms with Crippen molar-refractivity contribution in [3.05, 3.63) is 48.0 Å². The summed E-state index contributed by atoms with van der Waals surface area (Å²) in [6, 6.07) is 9.14. The zero-order valence-corrected chi connectivity index (χ0v) is 12.9.